The number of carbonyl (C=O) groups is 1. The molecule has 1 fully saturated rings. The molecule has 0 radical (unpaired) electrons. The van der Waals surface area contributed by atoms with Gasteiger partial charge in [-0.1, -0.05) is 20.8 Å². The molecule has 0 aliphatic carbocycles. The van der Waals surface area contributed by atoms with Crippen molar-refractivity contribution in [2.24, 2.45) is 0 Å². The maximum absolute atomic E-state index is 13.4. The van der Waals surface area contributed by atoms with Crippen molar-refractivity contribution in [3.8, 4) is 0 Å². The number of hydrogen-bond donors (Lipinski definition) is 1. The number of fused-ring (bicyclic) bond motifs is 1. The van der Waals surface area contributed by atoms with E-state index in [-0.39, 0.29) is 16.2 Å². The Morgan fingerprint density at radius 3 is 2.41 bits per heavy atom. The second-order valence-corrected chi connectivity index (χ2v) is 12.1. The molecule has 0 spiro atoms. The zero-order valence-corrected chi connectivity index (χ0v) is 21.2. The fourth-order valence-corrected chi connectivity index (χ4v) is 4.93. The van der Waals surface area contributed by atoms with Gasteiger partial charge < -0.3 is 14.6 Å². The van der Waals surface area contributed by atoms with Crippen LogP contribution in [-0.4, -0.2) is 50.8 Å². The molecule has 1 saturated heterocycles. The van der Waals surface area contributed by atoms with Crippen molar-refractivity contribution in [2.75, 3.05) is 37.4 Å². The summed E-state index contributed by atoms with van der Waals surface area (Å²) < 4.78 is 32.5. The Morgan fingerprint density at radius 2 is 1.76 bits per heavy atom. The number of carbonyl (C=O) groups excluding carboxylic acids is 1. The predicted molar refractivity (Wildman–Crippen MR) is 134 cm³/mol. The SMILES string of the molecule is CN(C)S(=O)(=O)c1ccc(N2CCCCC2)c(C(=O)Nc2ccc3oc(C(C)(C)C)nc3c2)c1. The van der Waals surface area contributed by atoms with Crippen LogP contribution >= 0.6 is 0 Å². The molecule has 0 saturated carbocycles. The highest BCUT2D eigenvalue weighted by molar-refractivity contribution is 7.89. The number of benzene rings is 2. The van der Waals surface area contributed by atoms with E-state index < -0.39 is 10.0 Å². The van der Waals surface area contributed by atoms with E-state index in [4.69, 9.17) is 4.42 Å². The van der Waals surface area contributed by atoms with E-state index in [1.165, 1.54) is 20.2 Å². The first-order chi connectivity index (χ1) is 16.0. The summed E-state index contributed by atoms with van der Waals surface area (Å²) in [4.78, 5) is 20.2. The highest BCUT2D eigenvalue weighted by Crippen LogP contribution is 2.30. The van der Waals surface area contributed by atoms with Crippen molar-refractivity contribution in [3.63, 3.8) is 0 Å². The molecular formula is C25H32N4O4S. The molecule has 0 atom stereocenters. The summed E-state index contributed by atoms with van der Waals surface area (Å²) in [5, 5.41) is 2.93. The average molecular weight is 485 g/mol. The number of sulfonamides is 1. The zero-order valence-electron chi connectivity index (χ0n) is 20.4. The van der Waals surface area contributed by atoms with E-state index in [1.807, 2.05) is 20.8 Å². The first-order valence-corrected chi connectivity index (χ1v) is 12.9. The van der Waals surface area contributed by atoms with Gasteiger partial charge in [0.1, 0.15) is 5.52 Å². The van der Waals surface area contributed by atoms with Gasteiger partial charge in [-0.15, -0.1) is 0 Å². The Labute approximate surface area is 201 Å². The number of aromatic nitrogens is 1. The lowest BCUT2D eigenvalue weighted by atomic mass is 9.97. The maximum Gasteiger partial charge on any atom is 0.257 e. The fraction of sp³-hybridized carbons (Fsp3) is 0.440. The Bertz CT molecular complexity index is 1320. The van der Waals surface area contributed by atoms with Crippen LogP contribution in [0.25, 0.3) is 11.1 Å². The number of nitrogens with one attached hydrogen (secondary N) is 1. The van der Waals surface area contributed by atoms with Crippen LogP contribution in [0, 0.1) is 0 Å². The van der Waals surface area contributed by atoms with Gasteiger partial charge in [0.25, 0.3) is 5.91 Å². The molecule has 182 valence electrons. The van der Waals surface area contributed by atoms with Crippen LogP contribution in [0.15, 0.2) is 45.7 Å². The lowest BCUT2D eigenvalue weighted by Crippen LogP contribution is -2.32. The lowest BCUT2D eigenvalue weighted by Gasteiger charge is -2.30. The van der Waals surface area contributed by atoms with Crippen molar-refractivity contribution in [1.29, 1.82) is 0 Å². The molecule has 1 N–H and O–H groups in total. The molecule has 0 unspecified atom stereocenters. The van der Waals surface area contributed by atoms with Gasteiger partial charge in [-0.2, -0.15) is 0 Å². The van der Waals surface area contributed by atoms with E-state index in [0.29, 0.717) is 28.2 Å². The van der Waals surface area contributed by atoms with E-state index in [9.17, 15) is 13.2 Å². The van der Waals surface area contributed by atoms with Gasteiger partial charge in [0.15, 0.2) is 5.58 Å². The van der Waals surface area contributed by atoms with Crippen LogP contribution < -0.4 is 10.2 Å². The van der Waals surface area contributed by atoms with E-state index in [1.54, 1.807) is 30.3 Å². The fourth-order valence-electron chi connectivity index (χ4n) is 4.00. The van der Waals surface area contributed by atoms with Gasteiger partial charge in [-0.3, -0.25) is 4.79 Å². The van der Waals surface area contributed by atoms with E-state index in [0.717, 1.165) is 42.3 Å². The van der Waals surface area contributed by atoms with Crippen LogP contribution in [-0.2, 0) is 15.4 Å². The molecule has 1 aliphatic heterocycles. The largest absolute Gasteiger partial charge is 0.440 e. The molecular weight excluding hydrogens is 452 g/mol. The van der Waals surface area contributed by atoms with Crippen molar-refractivity contribution in [2.45, 2.75) is 50.3 Å². The minimum Gasteiger partial charge on any atom is -0.440 e. The highest BCUT2D eigenvalue weighted by Gasteiger charge is 2.25. The highest BCUT2D eigenvalue weighted by atomic mass is 32.2. The van der Waals surface area contributed by atoms with Crippen molar-refractivity contribution in [1.82, 2.24) is 9.29 Å². The van der Waals surface area contributed by atoms with Gasteiger partial charge in [-0.05, 0) is 55.7 Å². The number of anilines is 2. The number of amides is 1. The van der Waals surface area contributed by atoms with Crippen molar-refractivity contribution < 1.29 is 17.6 Å². The Hall–Kier alpha value is -2.91. The number of oxazole rings is 1. The first-order valence-electron chi connectivity index (χ1n) is 11.5. The molecule has 3 aromatic rings. The Morgan fingerprint density at radius 1 is 1.06 bits per heavy atom. The van der Waals surface area contributed by atoms with Crippen LogP contribution in [0.3, 0.4) is 0 Å². The molecule has 2 aromatic carbocycles. The zero-order chi connectivity index (χ0) is 24.7. The quantitative estimate of drug-likeness (QED) is 0.568. The minimum absolute atomic E-state index is 0.0881. The molecule has 1 amide bonds. The molecule has 1 aromatic heterocycles. The molecule has 4 rings (SSSR count). The minimum atomic E-state index is -3.68. The molecule has 8 nitrogen and oxygen atoms in total. The third-order valence-electron chi connectivity index (χ3n) is 5.98. The van der Waals surface area contributed by atoms with Crippen LogP contribution in [0.2, 0.25) is 0 Å². The van der Waals surface area contributed by atoms with E-state index >= 15 is 0 Å². The molecule has 9 heteroatoms. The second-order valence-electron chi connectivity index (χ2n) is 9.92. The van der Waals surface area contributed by atoms with E-state index in [2.05, 4.69) is 15.2 Å². The summed E-state index contributed by atoms with van der Waals surface area (Å²) in [5.74, 6) is 0.259. The van der Waals surface area contributed by atoms with Crippen molar-refractivity contribution >= 4 is 38.4 Å². The van der Waals surface area contributed by atoms with Gasteiger partial charge in [0.05, 0.1) is 10.5 Å². The summed E-state index contributed by atoms with van der Waals surface area (Å²) in [6.07, 6.45) is 3.23. The van der Waals surface area contributed by atoms with Gasteiger partial charge in [0.2, 0.25) is 15.9 Å². The Balaban J connectivity index is 1.70. The van der Waals surface area contributed by atoms with Gasteiger partial charge in [0, 0.05) is 44.0 Å². The number of rotatable bonds is 5. The molecule has 0 bridgehead atoms. The molecule has 1 aliphatic rings. The summed E-state index contributed by atoms with van der Waals surface area (Å²) in [5.41, 5.74) is 2.72. The third-order valence-corrected chi connectivity index (χ3v) is 7.79. The van der Waals surface area contributed by atoms with Crippen LogP contribution in [0.5, 0.6) is 0 Å². The summed E-state index contributed by atoms with van der Waals surface area (Å²) >= 11 is 0. The standard InChI is InChI=1S/C25H32N4O4S/c1-25(2,3)24-27-20-15-17(9-12-22(20)33-24)26-23(30)19-16-18(34(31,32)28(4)5)10-11-21(19)29-13-7-6-8-14-29/h9-12,15-16H,6-8,13-14H2,1-5H3,(H,26,30). The lowest BCUT2D eigenvalue weighted by molar-refractivity contribution is 0.102. The Kier molecular flexibility index (Phi) is 6.44. The topological polar surface area (TPSA) is 95.8 Å². The average Bonchev–Trinajstić information content (AvgIpc) is 3.23. The smallest absolute Gasteiger partial charge is 0.257 e. The molecule has 2 heterocycles. The monoisotopic (exact) mass is 484 g/mol. The normalized spacial score (nSPS) is 15.2. The summed E-state index contributed by atoms with van der Waals surface area (Å²) in [6.45, 7) is 7.74. The summed E-state index contributed by atoms with van der Waals surface area (Å²) in [7, 11) is -0.723. The first kappa shape index (κ1) is 24.2. The van der Waals surface area contributed by atoms with Gasteiger partial charge in [-0.25, -0.2) is 17.7 Å². The second kappa shape index (κ2) is 9.03. The number of nitrogens with zero attached hydrogens (tertiary/aromatic N) is 3. The van der Waals surface area contributed by atoms with Crippen LogP contribution in [0.1, 0.15) is 56.3 Å². The molecule has 34 heavy (non-hydrogen) atoms. The van der Waals surface area contributed by atoms with Gasteiger partial charge >= 0.3 is 0 Å². The van der Waals surface area contributed by atoms with Crippen molar-refractivity contribution in [3.05, 3.63) is 47.9 Å². The summed E-state index contributed by atoms with van der Waals surface area (Å²) in [6, 6.07) is 10.1. The number of hydrogen-bond acceptors (Lipinski definition) is 6. The number of piperidine rings is 1. The predicted octanol–water partition coefficient (Wildman–Crippen LogP) is 4.62. The maximum atomic E-state index is 13.4. The van der Waals surface area contributed by atoms with Crippen LogP contribution in [0.4, 0.5) is 11.4 Å². The third kappa shape index (κ3) is 4.81.